The molecule has 1 heterocycles. The van der Waals surface area contributed by atoms with Crippen molar-refractivity contribution in [2.75, 3.05) is 17.5 Å². The number of nitrogens with zero attached hydrogens (tertiary/aromatic N) is 1. The molecule has 3 rings (SSSR count). The second-order valence-corrected chi connectivity index (χ2v) is 7.61. The average molecular weight is 366 g/mol. The van der Waals surface area contributed by atoms with Gasteiger partial charge in [-0.05, 0) is 49.4 Å². The number of hydrogen-bond acceptors (Lipinski definition) is 4. The van der Waals surface area contributed by atoms with Gasteiger partial charge < -0.3 is 4.74 Å². The van der Waals surface area contributed by atoms with Gasteiger partial charge in [0.2, 0.25) is 0 Å². The fourth-order valence-electron chi connectivity index (χ4n) is 2.66. The van der Waals surface area contributed by atoms with Crippen LogP contribution >= 0.6 is 11.6 Å². The Morgan fingerprint density at radius 3 is 2.54 bits per heavy atom. The lowest BCUT2D eigenvalue weighted by atomic mass is 10.0. The molecule has 126 valence electrons. The van der Waals surface area contributed by atoms with Gasteiger partial charge in [0, 0.05) is 23.6 Å². The van der Waals surface area contributed by atoms with Crippen molar-refractivity contribution in [3.8, 4) is 5.75 Å². The molecule has 0 fully saturated rings. The van der Waals surface area contributed by atoms with E-state index in [1.165, 1.54) is 22.5 Å². The molecule has 0 saturated heterocycles. The van der Waals surface area contributed by atoms with Crippen LogP contribution in [0.4, 0.5) is 5.69 Å². The van der Waals surface area contributed by atoms with Gasteiger partial charge in [-0.1, -0.05) is 11.6 Å². The molecule has 0 radical (unpaired) electrons. The summed E-state index contributed by atoms with van der Waals surface area (Å²) >= 11 is 5.93. The van der Waals surface area contributed by atoms with Crippen LogP contribution in [0.15, 0.2) is 47.4 Å². The molecule has 0 amide bonds. The first kappa shape index (κ1) is 16.8. The summed E-state index contributed by atoms with van der Waals surface area (Å²) in [7, 11) is -3.76. The van der Waals surface area contributed by atoms with E-state index >= 15 is 0 Å². The Kier molecular flexibility index (Phi) is 4.51. The molecule has 0 atom stereocenters. The van der Waals surface area contributed by atoms with Gasteiger partial charge >= 0.3 is 0 Å². The van der Waals surface area contributed by atoms with Crippen molar-refractivity contribution < 1.29 is 17.9 Å². The van der Waals surface area contributed by atoms with Gasteiger partial charge in [-0.25, -0.2) is 8.42 Å². The van der Waals surface area contributed by atoms with E-state index in [1.807, 2.05) is 6.92 Å². The van der Waals surface area contributed by atoms with E-state index in [1.54, 1.807) is 24.3 Å². The Morgan fingerprint density at radius 2 is 1.88 bits per heavy atom. The van der Waals surface area contributed by atoms with Crippen LogP contribution in [0.3, 0.4) is 0 Å². The zero-order chi connectivity index (χ0) is 17.3. The SMILES string of the molecule is CCOc1ccc(S(=O)(=O)N2CCC(=O)c3cc(Cl)ccc32)cc1. The Labute approximate surface area is 145 Å². The molecule has 0 aromatic heterocycles. The first-order valence-corrected chi connectivity index (χ1v) is 9.33. The van der Waals surface area contributed by atoms with E-state index < -0.39 is 10.0 Å². The maximum absolute atomic E-state index is 13.0. The quantitative estimate of drug-likeness (QED) is 0.831. The first-order valence-electron chi connectivity index (χ1n) is 7.52. The third kappa shape index (κ3) is 2.99. The predicted molar refractivity (Wildman–Crippen MR) is 92.5 cm³/mol. The summed E-state index contributed by atoms with van der Waals surface area (Å²) in [6, 6.07) is 10.9. The highest BCUT2D eigenvalue weighted by Crippen LogP contribution is 2.34. The third-order valence-electron chi connectivity index (χ3n) is 3.79. The summed E-state index contributed by atoms with van der Waals surface area (Å²) in [6.07, 6.45) is 0.129. The van der Waals surface area contributed by atoms with Gasteiger partial charge in [0.05, 0.1) is 17.2 Å². The van der Waals surface area contributed by atoms with Crippen LogP contribution in [0.5, 0.6) is 5.75 Å². The molecule has 5 nitrogen and oxygen atoms in total. The van der Waals surface area contributed by atoms with Gasteiger partial charge in [-0.3, -0.25) is 9.10 Å². The van der Waals surface area contributed by atoms with Crippen molar-refractivity contribution in [2.45, 2.75) is 18.2 Å². The van der Waals surface area contributed by atoms with E-state index in [2.05, 4.69) is 0 Å². The zero-order valence-electron chi connectivity index (χ0n) is 13.0. The number of carbonyl (C=O) groups is 1. The molecule has 1 aliphatic rings. The first-order chi connectivity index (χ1) is 11.4. The van der Waals surface area contributed by atoms with Crippen molar-refractivity contribution >= 4 is 33.1 Å². The lowest BCUT2D eigenvalue weighted by molar-refractivity contribution is 0.0982. The van der Waals surface area contributed by atoms with Crippen LogP contribution in [0.25, 0.3) is 0 Å². The summed E-state index contributed by atoms with van der Waals surface area (Å²) in [5.74, 6) is 0.503. The number of carbonyl (C=O) groups excluding carboxylic acids is 1. The number of rotatable bonds is 4. The van der Waals surface area contributed by atoms with Crippen LogP contribution in [0.1, 0.15) is 23.7 Å². The van der Waals surface area contributed by atoms with Crippen LogP contribution in [-0.4, -0.2) is 27.4 Å². The molecule has 0 spiro atoms. The predicted octanol–water partition coefficient (Wildman–Crippen LogP) is 3.52. The lowest BCUT2D eigenvalue weighted by Crippen LogP contribution is -2.37. The summed E-state index contributed by atoms with van der Waals surface area (Å²) in [6.45, 7) is 2.48. The number of anilines is 1. The second-order valence-electron chi connectivity index (χ2n) is 5.32. The Balaban J connectivity index is 2.02. The largest absolute Gasteiger partial charge is 0.494 e. The van der Waals surface area contributed by atoms with Crippen molar-refractivity contribution in [1.82, 2.24) is 0 Å². The standard InChI is InChI=1S/C17H16ClNO4S/c1-2-23-13-4-6-14(7-5-13)24(21,22)19-10-9-17(20)15-11-12(18)3-8-16(15)19/h3-8,11H,2,9-10H2,1H3. The number of ether oxygens (including phenoxy) is 1. The van der Waals surface area contributed by atoms with E-state index in [4.69, 9.17) is 16.3 Å². The van der Waals surface area contributed by atoms with Gasteiger partial charge in [0.15, 0.2) is 5.78 Å². The Hall–Kier alpha value is -2.05. The van der Waals surface area contributed by atoms with Crippen LogP contribution in [0.2, 0.25) is 5.02 Å². The van der Waals surface area contributed by atoms with Crippen molar-refractivity contribution in [3.63, 3.8) is 0 Å². The average Bonchev–Trinajstić information content (AvgIpc) is 2.56. The van der Waals surface area contributed by atoms with Crippen molar-refractivity contribution in [2.24, 2.45) is 0 Å². The molecule has 2 aromatic rings. The number of Topliss-reactive ketones (excluding diaryl/α,β-unsaturated/α-hetero) is 1. The van der Waals surface area contributed by atoms with E-state index in [-0.39, 0.29) is 23.6 Å². The number of halogens is 1. The molecule has 0 unspecified atom stereocenters. The minimum absolute atomic E-state index is 0.106. The van der Waals surface area contributed by atoms with E-state index in [0.717, 1.165) is 0 Å². The topological polar surface area (TPSA) is 63.7 Å². The minimum Gasteiger partial charge on any atom is -0.494 e. The number of ketones is 1. The highest BCUT2D eigenvalue weighted by molar-refractivity contribution is 7.92. The highest BCUT2D eigenvalue weighted by Gasteiger charge is 2.32. The number of fused-ring (bicyclic) bond motifs is 1. The van der Waals surface area contributed by atoms with Crippen molar-refractivity contribution in [1.29, 1.82) is 0 Å². The van der Waals surface area contributed by atoms with Crippen LogP contribution in [0, 0.1) is 0 Å². The second kappa shape index (κ2) is 6.45. The summed E-state index contributed by atoms with van der Waals surface area (Å²) in [5, 5.41) is 0.405. The third-order valence-corrected chi connectivity index (χ3v) is 5.85. The van der Waals surface area contributed by atoms with Gasteiger partial charge in [0.1, 0.15) is 5.75 Å². The minimum atomic E-state index is -3.76. The molecule has 0 saturated carbocycles. The lowest BCUT2D eigenvalue weighted by Gasteiger charge is -2.29. The Bertz CT molecular complexity index is 878. The summed E-state index contributed by atoms with van der Waals surface area (Å²) in [4.78, 5) is 12.2. The summed E-state index contributed by atoms with van der Waals surface area (Å²) in [5.41, 5.74) is 0.702. The smallest absolute Gasteiger partial charge is 0.264 e. The van der Waals surface area contributed by atoms with Gasteiger partial charge in [-0.2, -0.15) is 0 Å². The normalized spacial score (nSPS) is 14.4. The van der Waals surface area contributed by atoms with E-state index in [0.29, 0.717) is 28.6 Å². The highest BCUT2D eigenvalue weighted by atomic mass is 35.5. The molecule has 0 bridgehead atoms. The maximum Gasteiger partial charge on any atom is 0.264 e. The number of benzene rings is 2. The molecule has 0 aliphatic carbocycles. The molecule has 0 N–H and O–H groups in total. The molecule has 2 aromatic carbocycles. The van der Waals surface area contributed by atoms with E-state index in [9.17, 15) is 13.2 Å². The summed E-state index contributed by atoms with van der Waals surface area (Å²) < 4.78 is 32.5. The molecular weight excluding hydrogens is 350 g/mol. The zero-order valence-corrected chi connectivity index (χ0v) is 14.6. The molecule has 24 heavy (non-hydrogen) atoms. The molecular formula is C17H16ClNO4S. The van der Waals surface area contributed by atoms with Crippen LogP contribution in [-0.2, 0) is 10.0 Å². The van der Waals surface area contributed by atoms with Gasteiger partial charge in [-0.15, -0.1) is 0 Å². The Morgan fingerprint density at radius 1 is 1.17 bits per heavy atom. The number of hydrogen-bond donors (Lipinski definition) is 0. The van der Waals surface area contributed by atoms with Crippen molar-refractivity contribution in [3.05, 3.63) is 53.1 Å². The molecule has 7 heteroatoms. The molecule has 1 aliphatic heterocycles. The fourth-order valence-corrected chi connectivity index (χ4v) is 4.32. The maximum atomic E-state index is 13.0. The van der Waals surface area contributed by atoms with Gasteiger partial charge in [0.25, 0.3) is 10.0 Å². The number of sulfonamides is 1. The van der Waals surface area contributed by atoms with Crippen LogP contribution < -0.4 is 9.04 Å². The fraction of sp³-hybridized carbons (Fsp3) is 0.235. The monoisotopic (exact) mass is 365 g/mol.